The van der Waals surface area contributed by atoms with Crippen molar-refractivity contribution in [3.63, 3.8) is 0 Å². The molecule has 7 rings (SSSR count). The summed E-state index contributed by atoms with van der Waals surface area (Å²) < 4.78 is 23.7. The third kappa shape index (κ3) is 13.2. The first-order valence-electron chi connectivity index (χ1n) is 28.6. The van der Waals surface area contributed by atoms with Crippen molar-refractivity contribution in [2.45, 2.75) is 270 Å². The number of fused-ring (bicyclic) bond motifs is 10. The molecule has 0 unspecified atom stereocenters. The molecule has 0 radical (unpaired) electrons. The van der Waals surface area contributed by atoms with E-state index in [1.54, 1.807) is 22.3 Å². The van der Waals surface area contributed by atoms with Crippen molar-refractivity contribution < 1.29 is 0 Å². The predicted molar refractivity (Wildman–Crippen MR) is 313 cm³/mol. The SMILES string of the molecule is CCCCCCCCCCC1(CCCCCCCCCC)c2cc3c(cc2-c2c1cc(I)c1n[se]nc21)C(CCCCCCCCCC)(CCCCCCCCCC)c1cc(I)c2n[se]nc2c1-3. The number of unbranched alkanes of at least 4 members (excludes halogenated alkanes) is 28. The number of halogens is 2. The number of nitrogens with zero attached hydrogens (tertiary/aromatic N) is 4. The summed E-state index contributed by atoms with van der Waals surface area (Å²) in [5.41, 5.74) is 17.2. The summed E-state index contributed by atoms with van der Waals surface area (Å²) in [5.74, 6) is 0. The van der Waals surface area contributed by atoms with Gasteiger partial charge in [-0.3, -0.25) is 0 Å². The molecule has 0 fully saturated rings. The number of hydrogen-bond acceptors (Lipinski definition) is 4. The second kappa shape index (κ2) is 28.7. The van der Waals surface area contributed by atoms with Gasteiger partial charge in [0.2, 0.25) is 0 Å². The molecule has 3 aromatic carbocycles. The van der Waals surface area contributed by atoms with E-state index in [9.17, 15) is 0 Å². The Balaban J connectivity index is 1.33. The van der Waals surface area contributed by atoms with E-state index >= 15 is 0 Å². The Morgan fingerprint density at radius 3 is 0.853 bits per heavy atom. The van der Waals surface area contributed by atoms with Crippen LogP contribution in [0.4, 0.5) is 0 Å². The summed E-state index contributed by atoms with van der Waals surface area (Å²) >= 11 is 5.10. The zero-order valence-corrected chi connectivity index (χ0v) is 50.9. The fraction of sp³-hybridized carbons (Fsp3) is 0.700. The van der Waals surface area contributed by atoms with E-state index in [4.69, 9.17) is 15.9 Å². The zero-order valence-electron chi connectivity index (χ0n) is 43.1. The van der Waals surface area contributed by atoms with Crippen LogP contribution in [0.5, 0.6) is 0 Å². The van der Waals surface area contributed by atoms with Crippen molar-refractivity contribution in [1.29, 1.82) is 0 Å². The van der Waals surface area contributed by atoms with E-state index in [-0.39, 0.29) is 40.8 Å². The van der Waals surface area contributed by atoms with E-state index in [0.717, 1.165) is 0 Å². The quantitative estimate of drug-likeness (QED) is 0.0228. The van der Waals surface area contributed by atoms with Crippen LogP contribution in [0.2, 0.25) is 0 Å². The summed E-state index contributed by atoms with van der Waals surface area (Å²) in [6, 6.07) is 10.9. The molecule has 2 aliphatic carbocycles. The number of hydrogen-bond donors (Lipinski definition) is 0. The monoisotopic (exact) mass is 1280 g/mol. The molecule has 0 amide bonds. The molecule has 8 heteroatoms. The third-order valence-corrected chi connectivity index (χ3v) is 20.4. The van der Waals surface area contributed by atoms with Crippen LogP contribution in [0.3, 0.4) is 0 Å². The predicted octanol–water partition coefficient (Wildman–Crippen LogP) is 19.6. The van der Waals surface area contributed by atoms with Crippen LogP contribution in [-0.4, -0.2) is 45.8 Å². The number of benzene rings is 3. The summed E-state index contributed by atoms with van der Waals surface area (Å²) in [6.07, 6.45) is 48.5. The molecule has 0 spiro atoms. The van der Waals surface area contributed by atoms with Gasteiger partial charge in [0, 0.05) is 0 Å². The first kappa shape index (κ1) is 55.1. The van der Waals surface area contributed by atoms with Crippen molar-refractivity contribution in [3.05, 3.63) is 53.7 Å². The second-order valence-electron chi connectivity index (χ2n) is 21.5. The van der Waals surface area contributed by atoms with Crippen LogP contribution < -0.4 is 0 Å². The van der Waals surface area contributed by atoms with E-state index in [1.165, 1.54) is 283 Å². The molecule has 0 saturated carbocycles. The maximum atomic E-state index is 5.37. The fourth-order valence-electron chi connectivity index (χ4n) is 12.8. The minimum atomic E-state index is -0.0772. The second-order valence-corrected chi connectivity index (χ2v) is 26.0. The van der Waals surface area contributed by atoms with Crippen molar-refractivity contribution in [3.8, 4) is 22.3 Å². The Morgan fingerprint density at radius 2 is 0.574 bits per heavy atom. The molecular formula is C60H88I2N4Se2. The molecule has 2 heterocycles. The van der Waals surface area contributed by atoms with E-state index in [2.05, 4.69) is 97.1 Å². The molecule has 68 heavy (non-hydrogen) atoms. The minimum absolute atomic E-state index is 0.0109. The molecule has 374 valence electrons. The maximum absolute atomic E-state index is 5.37. The Kier molecular flexibility index (Phi) is 23.3. The molecule has 0 bridgehead atoms. The molecule has 2 aliphatic rings. The summed E-state index contributed by atoms with van der Waals surface area (Å²) in [4.78, 5) is 0. The molecule has 5 aromatic rings. The average molecular weight is 1280 g/mol. The van der Waals surface area contributed by atoms with Crippen LogP contribution in [-0.2, 0) is 10.8 Å². The van der Waals surface area contributed by atoms with Crippen molar-refractivity contribution in [1.82, 2.24) is 15.9 Å². The van der Waals surface area contributed by atoms with Crippen molar-refractivity contribution in [2.24, 2.45) is 0 Å². The van der Waals surface area contributed by atoms with E-state index in [0.29, 0.717) is 0 Å². The molecule has 0 saturated heterocycles. The Hall–Kier alpha value is -0.641. The first-order chi connectivity index (χ1) is 33.5. The van der Waals surface area contributed by atoms with Gasteiger partial charge in [-0.05, 0) is 0 Å². The van der Waals surface area contributed by atoms with E-state index < -0.39 is 0 Å². The van der Waals surface area contributed by atoms with Gasteiger partial charge in [-0.15, -0.1) is 0 Å². The summed E-state index contributed by atoms with van der Waals surface area (Å²) in [5, 5.41) is 0. The van der Waals surface area contributed by atoms with Gasteiger partial charge < -0.3 is 0 Å². The number of aromatic nitrogens is 4. The molecule has 4 nitrogen and oxygen atoms in total. The van der Waals surface area contributed by atoms with Gasteiger partial charge in [0.25, 0.3) is 0 Å². The Bertz CT molecular complexity index is 2090. The Morgan fingerprint density at radius 1 is 0.324 bits per heavy atom. The standard InChI is InChI=1S/C60H88I2N4Se2/c1-5-9-13-17-21-25-29-33-37-59(38-34-30-26-22-18-14-10-6-2)47-41-46-48(42-45(47)53-49(59)43-51(61)55-57(53)65-67-63-55)60(39-35-31-27-23-19-15-11-7-3,40-36-32-28-24-20-16-12-8-4)50-44-52(62)56-58(54(46)50)66-68-64-56/h41-44H,5-40H2,1-4H3. The molecular weight excluding hydrogens is 1190 g/mol. The average Bonchev–Trinajstić information content (AvgIpc) is 4.14. The fourth-order valence-corrected chi connectivity index (χ4v) is 17.3. The van der Waals surface area contributed by atoms with E-state index in [1.807, 2.05) is 0 Å². The van der Waals surface area contributed by atoms with Crippen LogP contribution >= 0.6 is 45.2 Å². The van der Waals surface area contributed by atoms with Gasteiger partial charge in [0.15, 0.2) is 0 Å². The summed E-state index contributed by atoms with van der Waals surface area (Å²) in [6.45, 7) is 9.35. The molecule has 2 aromatic heterocycles. The van der Waals surface area contributed by atoms with Gasteiger partial charge in [-0.25, -0.2) is 0 Å². The normalized spacial score (nSPS) is 14.3. The summed E-state index contributed by atoms with van der Waals surface area (Å²) in [7, 11) is 0. The van der Waals surface area contributed by atoms with Crippen LogP contribution in [0.15, 0.2) is 24.3 Å². The third-order valence-electron chi connectivity index (χ3n) is 16.6. The number of rotatable bonds is 36. The molecule has 0 atom stereocenters. The van der Waals surface area contributed by atoms with Gasteiger partial charge in [0.1, 0.15) is 0 Å². The van der Waals surface area contributed by atoms with Crippen LogP contribution in [0, 0.1) is 7.14 Å². The van der Waals surface area contributed by atoms with Crippen LogP contribution in [0.25, 0.3) is 44.3 Å². The van der Waals surface area contributed by atoms with Crippen molar-refractivity contribution in [2.75, 3.05) is 0 Å². The molecule has 0 N–H and O–H groups in total. The molecule has 0 aliphatic heterocycles. The van der Waals surface area contributed by atoms with Crippen molar-refractivity contribution >= 4 is 97.2 Å². The van der Waals surface area contributed by atoms with Crippen LogP contribution in [0.1, 0.15) is 281 Å². The van der Waals surface area contributed by atoms with Gasteiger partial charge in [0.05, 0.1) is 0 Å². The Labute approximate surface area is 454 Å². The first-order valence-corrected chi connectivity index (χ1v) is 33.8. The van der Waals surface area contributed by atoms with Gasteiger partial charge >= 0.3 is 380 Å². The van der Waals surface area contributed by atoms with Gasteiger partial charge in [-0.1, -0.05) is 79.1 Å². The topological polar surface area (TPSA) is 51.6 Å². The van der Waals surface area contributed by atoms with Gasteiger partial charge in [-0.2, -0.15) is 0 Å². The zero-order chi connectivity index (χ0) is 47.6.